The lowest BCUT2D eigenvalue weighted by Gasteiger charge is -1.92. The predicted octanol–water partition coefficient (Wildman–Crippen LogP) is 2.51. The van der Waals surface area contributed by atoms with Crippen LogP contribution in [0.2, 0.25) is 0 Å². The molecule has 5 nitrogen and oxygen atoms in total. The number of carbonyl (C=O) groups excluding carboxylic acids is 3. The summed E-state index contributed by atoms with van der Waals surface area (Å²) in [5.41, 5.74) is 1.74. The molecule has 0 spiro atoms. The van der Waals surface area contributed by atoms with E-state index in [1.54, 1.807) is 24.3 Å². The van der Waals surface area contributed by atoms with E-state index in [1.807, 2.05) is 0 Å². The van der Waals surface area contributed by atoms with Crippen molar-refractivity contribution in [3.8, 4) is 0 Å². The number of carbonyl (C=O) groups is 4. The van der Waals surface area contributed by atoms with E-state index in [0.29, 0.717) is 35.5 Å². The van der Waals surface area contributed by atoms with Gasteiger partial charge in [0.25, 0.3) is 0 Å². The van der Waals surface area contributed by atoms with Gasteiger partial charge in [0.2, 0.25) is 0 Å². The summed E-state index contributed by atoms with van der Waals surface area (Å²) in [6.45, 7) is 0. The summed E-state index contributed by atoms with van der Waals surface area (Å²) in [6, 6.07) is 12.2. The minimum Gasteiger partial charge on any atom is -0.478 e. The molecule has 0 bridgehead atoms. The van der Waals surface area contributed by atoms with Crippen molar-refractivity contribution < 1.29 is 24.3 Å². The first-order valence-corrected chi connectivity index (χ1v) is 5.89. The molecule has 5 heteroatoms. The Bertz CT molecular complexity index is 621. The standard InChI is InChI=1S/C8H6O3.C8H6O2/c9-5-6-1-3-7(4-2-6)8(10)11;9-5-7-2-1-3-8(4-7)6-10/h1-5H,(H,10,11);1-6H. The third-order valence-corrected chi connectivity index (χ3v) is 2.48. The number of aldehydes is 3. The zero-order chi connectivity index (χ0) is 15.7. The highest BCUT2D eigenvalue weighted by molar-refractivity contribution is 5.88. The molecule has 0 saturated carbocycles. The summed E-state index contributed by atoms with van der Waals surface area (Å²) in [5.74, 6) is -0.984. The first-order chi connectivity index (χ1) is 10.1. The van der Waals surface area contributed by atoms with Crippen molar-refractivity contribution in [1.82, 2.24) is 0 Å². The molecule has 0 aromatic heterocycles. The molecule has 0 aliphatic rings. The van der Waals surface area contributed by atoms with Crippen LogP contribution in [0.1, 0.15) is 41.4 Å². The lowest BCUT2D eigenvalue weighted by molar-refractivity contribution is 0.0696. The van der Waals surface area contributed by atoms with Crippen LogP contribution in [-0.4, -0.2) is 29.9 Å². The molecule has 2 aromatic rings. The highest BCUT2D eigenvalue weighted by atomic mass is 16.4. The maximum atomic E-state index is 10.3. The normalized spacial score (nSPS) is 8.95. The van der Waals surface area contributed by atoms with E-state index >= 15 is 0 Å². The molecule has 0 heterocycles. The average molecular weight is 284 g/mol. The molecule has 106 valence electrons. The SMILES string of the molecule is O=Cc1ccc(C(=O)O)cc1.O=Cc1cccc(C=O)c1. The minimum absolute atomic E-state index is 0.190. The third-order valence-electron chi connectivity index (χ3n) is 2.48. The lowest BCUT2D eigenvalue weighted by atomic mass is 10.1. The number of carboxylic acid groups (broad SMARTS) is 1. The van der Waals surface area contributed by atoms with Crippen molar-refractivity contribution in [2.45, 2.75) is 0 Å². The fourth-order valence-electron chi connectivity index (χ4n) is 1.41. The number of hydrogen-bond acceptors (Lipinski definition) is 4. The third kappa shape index (κ3) is 5.20. The zero-order valence-electron chi connectivity index (χ0n) is 10.9. The second-order valence-electron chi connectivity index (χ2n) is 3.95. The van der Waals surface area contributed by atoms with Crippen LogP contribution in [-0.2, 0) is 0 Å². The molecule has 0 saturated heterocycles. The van der Waals surface area contributed by atoms with Crippen molar-refractivity contribution in [2.75, 3.05) is 0 Å². The number of hydrogen-bond donors (Lipinski definition) is 1. The summed E-state index contributed by atoms with van der Waals surface area (Å²) >= 11 is 0. The Morgan fingerprint density at radius 1 is 0.762 bits per heavy atom. The smallest absolute Gasteiger partial charge is 0.335 e. The highest BCUT2D eigenvalue weighted by Gasteiger charge is 1.99. The first kappa shape index (κ1) is 16.0. The van der Waals surface area contributed by atoms with E-state index in [4.69, 9.17) is 5.11 Å². The first-order valence-electron chi connectivity index (χ1n) is 5.89. The Morgan fingerprint density at radius 3 is 1.62 bits per heavy atom. The van der Waals surface area contributed by atoms with Gasteiger partial charge in [0.15, 0.2) is 0 Å². The van der Waals surface area contributed by atoms with Crippen LogP contribution in [0.25, 0.3) is 0 Å². The van der Waals surface area contributed by atoms with E-state index < -0.39 is 5.97 Å². The Kier molecular flexibility index (Phi) is 6.21. The quantitative estimate of drug-likeness (QED) is 0.871. The molecular weight excluding hydrogens is 272 g/mol. The molecule has 0 amide bonds. The van der Waals surface area contributed by atoms with Gasteiger partial charge in [-0.1, -0.05) is 30.3 Å². The molecule has 21 heavy (non-hydrogen) atoms. The largest absolute Gasteiger partial charge is 0.478 e. The maximum Gasteiger partial charge on any atom is 0.335 e. The molecule has 1 N–H and O–H groups in total. The van der Waals surface area contributed by atoms with Gasteiger partial charge in [-0.2, -0.15) is 0 Å². The molecular formula is C16H12O5. The van der Waals surface area contributed by atoms with Gasteiger partial charge in [-0.25, -0.2) is 4.79 Å². The monoisotopic (exact) mass is 284 g/mol. The fraction of sp³-hybridized carbons (Fsp3) is 0. The Balaban J connectivity index is 0.000000211. The second kappa shape index (κ2) is 8.16. The summed E-state index contributed by atoms with van der Waals surface area (Å²) in [6.07, 6.45) is 2.10. The van der Waals surface area contributed by atoms with Gasteiger partial charge in [0.1, 0.15) is 18.9 Å². The maximum absolute atomic E-state index is 10.3. The van der Waals surface area contributed by atoms with Gasteiger partial charge < -0.3 is 5.11 Å². The number of aromatic carboxylic acids is 1. The zero-order valence-corrected chi connectivity index (χ0v) is 10.9. The fourth-order valence-corrected chi connectivity index (χ4v) is 1.41. The average Bonchev–Trinajstić information content (AvgIpc) is 2.55. The van der Waals surface area contributed by atoms with Crippen LogP contribution in [0.3, 0.4) is 0 Å². The van der Waals surface area contributed by atoms with Crippen LogP contribution in [0, 0.1) is 0 Å². The Morgan fingerprint density at radius 2 is 1.24 bits per heavy atom. The van der Waals surface area contributed by atoms with Crippen LogP contribution >= 0.6 is 0 Å². The Hall–Kier alpha value is -3.08. The summed E-state index contributed by atoms with van der Waals surface area (Å²) in [7, 11) is 0. The minimum atomic E-state index is -0.984. The molecule has 0 unspecified atom stereocenters. The van der Waals surface area contributed by atoms with Gasteiger partial charge in [0, 0.05) is 16.7 Å². The van der Waals surface area contributed by atoms with Gasteiger partial charge in [-0.15, -0.1) is 0 Å². The molecule has 2 aromatic carbocycles. The molecule has 0 atom stereocenters. The number of benzene rings is 2. The van der Waals surface area contributed by atoms with Crippen LogP contribution in [0.4, 0.5) is 0 Å². The molecule has 0 radical (unpaired) electrons. The van der Waals surface area contributed by atoms with Crippen molar-refractivity contribution in [2.24, 2.45) is 0 Å². The summed E-state index contributed by atoms with van der Waals surface area (Å²) in [5, 5.41) is 8.46. The van der Waals surface area contributed by atoms with Crippen LogP contribution in [0.15, 0.2) is 48.5 Å². The topological polar surface area (TPSA) is 88.5 Å². The van der Waals surface area contributed by atoms with Gasteiger partial charge >= 0.3 is 5.97 Å². The molecule has 0 aliphatic carbocycles. The Labute approximate surface area is 120 Å². The summed E-state index contributed by atoms with van der Waals surface area (Å²) in [4.78, 5) is 40.8. The molecule has 0 aliphatic heterocycles. The molecule has 0 fully saturated rings. The van der Waals surface area contributed by atoms with E-state index in [2.05, 4.69) is 0 Å². The van der Waals surface area contributed by atoms with Crippen molar-refractivity contribution in [3.63, 3.8) is 0 Å². The van der Waals surface area contributed by atoms with Gasteiger partial charge in [0.05, 0.1) is 5.56 Å². The van der Waals surface area contributed by atoms with E-state index in [0.717, 1.165) is 0 Å². The van der Waals surface area contributed by atoms with Gasteiger partial charge in [-0.3, -0.25) is 14.4 Å². The van der Waals surface area contributed by atoms with Gasteiger partial charge in [-0.05, 0) is 18.2 Å². The molecule has 2 rings (SSSR count). The van der Waals surface area contributed by atoms with Crippen molar-refractivity contribution in [3.05, 3.63) is 70.8 Å². The predicted molar refractivity (Wildman–Crippen MR) is 76.0 cm³/mol. The van der Waals surface area contributed by atoms with Crippen LogP contribution < -0.4 is 0 Å². The van der Waals surface area contributed by atoms with Crippen LogP contribution in [0.5, 0.6) is 0 Å². The lowest BCUT2D eigenvalue weighted by Crippen LogP contribution is -1.95. The number of rotatable bonds is 4. The second-order valence-corrected chi connectivity index (χ2v) is 3.95. The summed E-state index contributed by atoms with van der Waals surface area (Å²) < 4.78 is 0. The van der Waals surface area contributed by atoms with Crippen molar-refractivity contribution in [1.29, 1.82) is 0 Å². The van der Waals surface area contributed by atoms with E-state index in [-0.39, 0.29) is 5.56 Å². The van der Waals surface area contributed by atoms with E-state index in [9.17, 15) is 19.2 Å². The highest BCUT2D eigenvalue weighted by Crippen LogP contribution is 2.01. The van der Waals surface area contributed by atoms with E-state index in [1.165, 1.54) is 24.3 Å². The number of carboxylic acids is 1. The van der Waals surface area contributed by atoms with Crippen molar-refractivity contribution >= 4 is 24.8 Å².